The average molecular weight is 660 g/mol. The van der Waals surface area contributed by atoms with E-state index < -0.39 is 36.8 Å². The zero-order chi connectivity index (χ0) is 34.2. The molecule has 2 aromatic rings. The Kier molecular flexibility index (Phi) is 10.3. The molecule has 6 rings (SSSR count). The van der Waals surface area contributed by atoms with Crippen LogP contribution in [-0.2, 0) is 18.9 Å². The molecule has 6 atom stereocenters. The number of rotatable bonds is 9. The molecular weight excluding hydrogens is 605 g/mol. The predicted molar refractivity (Wildman–Crippen MR) is 187 cm³/mol. The molecule has 2 aliphatic heterocycles. The van der Waals surface area contributed by atoms with Crippen LogP contribution < -0.4 is 10.6 Å². The summed E-state index contributed by atoms with van der Waals surface area (Å²) in [5.74, 6) is -1.08. The molecule has 0 unspecified atom stereocenters. The first-order valence-electron chi connectivity index (χ1n) is 18.2. The first kappa shape index (κ1) is 34.9. The number of carbonyl (C=O) groups is 3. The number of fused-ring (bicyclic) bond motifs is 2. The van der Waals surface area contributed by atoms with E-state index in [9.17, 15) is 19.5 Å². The average Bonchev–Trinajstić information content (AvgIpc) is 3.61. The van der Waals surface area contributed by atoms with Crippen LogP contribution in [0.25, 0.3) is 10.8 Å². The molecule has 4 fully saturated rings. The van der Waals surface area contributed by atoms with Gasteiger partial charge in [-0.05, 0) is 72.8 Å². The van der Waals surface area contributed by atoms with E-state index >= 15 is 0 Å². The molecule has 3 amide bonds. The van der Waals surface area contributed by atoms with Gasteiger partial charge in [-0.1, -0.05) is 90.1 Å². The second kappa shape index (κ2) is 14.1. The Morgan fingerprint density at radius 1 is 1.00 bits per heavy atom. The monoisotopic (exact) mass is 659 g/mol. The SMILES string of the molecule is CC(C)[C@H](NC(=O)[C@@H]1C[C@H](O)CN1C(=O)[C@@H](CC1CCCCC1)NC(=O)c1ccc2ccccc2c1)B1O[C@@H]2CCC(C)(C)C[C@]2(C)O1. The fourth-order valence-corrected chi connectivity index (χ4v) is 8.79. The molecular formula is C38H54BN3O6. The van der Waals surface area contributed by atoms with Gasteiger partial charge in [0.25, 0.3) is 5.91 Å². The molecule has 2 heterocycles. The number of benzene rings is 2. The van der Waals surface area contributed by atoms with Crippen molar-refractivity contribution < 1.29 is 28.8 Å². The summed E-state index contributed by atoms with van der Waals surface area (Å²) in [4.78, 5) is 43.6. The van der Waals surface area contributed by atoms with Gasteiger partial charge in [-0.25, -0.2) is 0 Å². The third kappa shape index (κ3) is 7.61. The van der Waals surface area contributed by atoms with E-state index in [-0.39, 0.29) is 48.1 Å². The van der Waals surface area contributed by atoms with Crippen molar-refractivity contribution in [1.82, 2.24) is 15.5 Å². The number of likely N-dealkylation sites (tertiary alicyclic amines) is 1. The molecule has 10 heteroatoms. The molecule has 0 bridgehead atoms. The maximum absolute atomic E-state index is 14.4. The Labute approximate surface area is 286 Å². The minimum atomic E-state index is -0.863. The van der Waals surface area contributed by atoms with Gasteiger partial charge in [0.1, 0.15) is 12.1 Å². The summed E-state index contributed by atoms with van der Waals surface area (Å²) in [6.45, 7) is 10.7. The molecule has 260 valence electrons. The lowest BCUT2D eigenvalue weighted by atomic mass is 9.69. The number of carbonyl (C=O) groups excluding carboxylic acids is 3. The number of hydrogen-bond donors (Lipinski definition) is 3. The van der Waals surface area contributed by atoms with Gasteiger partial charge in [0.2, 0.25) is 11.8 Å². The maximum atomic E-state index is 14.4. The van der Waals surface area contributed by atoms with Gasteiger partial charge in [-0.3, -0.25) is 14.4 Å². The van der Waals surface area contributed by atoms with Crippen LogP contribution in [0.4, 0.5) is 0 Å². The van der Waals surface area contributed by atoms with E-state index in [0.29, 0.717) is 17.9 Å². The number of aliphatic hydroxyl groups excluding tert-OH is 1. The summed E-state index contributed by atoms with van der Waals surface area (Å²) in [6, 6.07) is 11.7. The van der Waals surface area contributed by atoms with Crippen LogP contribution in [0.2, 0.25) is 0 Å². The van der Waals surface area contributed by atoms with Crippen molar-refractivity contribution in [1.29, 1.82) is 0 Å². The third-order valence-corrected chi connectivity index (χ3v) is 11.4. The highest BCUT2D eigenvalue weighted by Crippen LogP contribution is 2.48. The maximum Gasteiger partial charge on any atom is 0.481 e. The minimum absolute atomic E-state index is 0.00600. The summed E-state index contributed by atoms with van der Waals surface area (Å²) >= 11 is 0. The number of amides is 3. The van der Waals surface area contributed by atoms with Gasteiger partial charge >= 0.3 is 7.12 Å². The first-order chi connectivity index (χ1) is 22.8. The van der Waals surface area contributed by atoms with E-state index in [4.69, 9.17) is 9.31 Å². The molecule has 0 spiro atoms. The highest BCUT2D eigenvalue weighted by atomic mass is 16.7. The quantitative estimate of drug-likeness (QED) is 0.310. The van der Waals surface area contributed by atoms with Crippen molar-refractivity contribution in [2.45, 2.75) is 135 Å². The molecule has 2 aromatic carbocycles. The van der Waals surface area contributed by atoms with Crippen molar-refractivity contribution in [3.05, 3.63) is 48.0 Å². The van der Waals surface area contributed by atoms with Crippen molar-refractivity contribution >= 4 is 35.6 Å². The van der Waals surface area contributed by atoms with Crippen molar-refractivity contribution in [2.75, 3.05) is 6.54 Å². The molecule has 2 aliphatic carbocycles. The highest BCUT2D eigenvalue weighted by molar-refractivity contribution is 6.48. The number of aliphatic hydroxyl groups is 1. The standard InChI is InChI=1S/C38H54BN3O6/c1-24(2)33(39-47-32-17-18-37(3,4)23-38(32,5)48-39)41-35(45)31-21-29(43)22-42(31)36(46)30(19-25-11-7-6-8-12-25)40-34(44)28-16-15-26-13-9-10-14-27(26)20-28/h9-10,13-16,20,24-25,29-33,43H,6-8,11-12,17-19,21-23H2,1-5H3,(H,40,44)(H,41,45)/t29-,30+,31-,32+,33-,38-/m0/s1. The Balaban J connectivity index is 1.18. The van der Waals surface area contributed by atoms with Gasteiger partial charge in [0.15, 0.2) is 0 Å². The number of nitrogens with one attached hydrogen (secondary N) is 2. The lowest BCUT2D eigenvalue weighted by Gasteiger charge is -2.43. The summed E-state index contributed by atoms with van der Waals surface area (Å²) in [6.07, 6.45) is 8.03. The van der Waals surface area contributed by atoms with E-state index in [2.05, 4.69) is 31.4 Å². The molecule has 48 heavy (non-hydrogen) atoms. The number of nitrogens with zero attached hydrogens (tertiary/aromatic N) is 1. The lowest BCUT2D eigenvalue weighted by Crippen LogP contribution is -2.58. The van der Waals surface area contributed by atoms with Crippen LogP contribution >= 0.6 is 0 Å². The van der Waals surface area contributed by atoms with Crippen LogP contribution in [0.3, 0.4) is 0 Å². The predicted octanol–water partition coefficient (Wildman–Crippen LogP) is 5.42. The van der Waals surface area contributed by atoms with Gasteiger partial charge in [-0.15, -0.1) is 0 Å². The molecule has 9 nitrogen and oxygen atoms in total. The first-order valence-corrected chi connectivity index (χ1v) is 18.2. The van der Waals surface area contributed by atoms with Gasteiger partial charge in [0.05, 0.1) is 23.8 Å². The van der Waals surface area contributed by atoms with E-state index in [1.54, 1.807) is 6.07 Å². The second-order valence-corrected chi connectivity index (χ2v) is 16.3. The summed E-state index contributed by atoms with van der Waals surface area (Å²) in [5.41, 5.74) is 0.212. The van der Waals surface area contributed by atoms with E-state index in [1.165, 1.54) is 11.3 Å². The van der Waals surface area contributed by atoms with Gasteiger partial charge < -0.3 is 29.9 Å². The molecule has 2 saturated carbocycles. The highest BCUT2D eigenvalue weighted by Gasteiger charge is 2.56. The molecule has 4 aliphatic rings. The third-order valence-electron chi connectivity index (χ3n) is 11.4. The largest absolute Gasteiger partial charge is 0.481 e. The normalized spacial score (nSPS) is 28.7. The van der Waals surface area contributed by atoms with Gasteiger partial charge in [-0.2, -0.15) is 0 Å². The summed E-state index contributed by atoms with van der Waals surface area (Å²) < 4.78 is 13.1. The van der Waals surface area contributed by atoms with Crippen molar-refractivity contribution in [3.63, 3.8) is 0 Å². The van der Waals surface area contributed by atoms with Crippen LogP contribution in [0, 0.1) is 17.3 Å². The topological polar surface area (TPSA) is 117 Å². The van der Waals surface area contributed by atoms with Crippen LogP contribution in [0.5, 0.6) is 0 Å². The summed E-state index contributed by atoms with van der Waals surface area (Å²) in [5, 5.41) is 19.0. The molecule has 3 N–H and O–H groups in total. The molecule has 2 saturated heterocycles. The summed E-state index contributed by atoms with van der Waals surface area (Å²) in [7, 11) is -0.603. The Morgan fingerprint density at radius 2 is 1.73 bits per heavy atom. The van der Waals surface area contributed by atoms with E-state index in [1.807, 2.05) is 50.2 Å². The van der Waals surface area contributed by atoms with Crippen molar-refractivity contribution in [2.24, 2.45) is 17.3 Å². The molecule has 0 aromatic heterocycles. The zero-order valence-electron chi connectivity index (χ0n) is 29.4. The Morgan fingerprint density at radius 3 is 2.46 bits per heavy atom. The lowest BCUT2D eigenvalue weighted by molar-refractivity contribution is -0.140. The Bertz CT molecular complexity index is 1490. The van der Waals surface area contributed by atoms with Crippen LogP contribution in [-0.4, -0.2) is 77.2 Å². The Hall–Kier alpha value is -2.95. The number of β-amino-alcohol motifs (C(OH)–C–C–N with tert-alkyl or cyclic N) is 1. The fraction of sp³-hybridized carbons (Fsp3) is 0.658. The number of hydrogen-bond acceptors (Lipinski definition) is 6. The smallest absolute Gasteiger partial charge is 0.404 e. The second-order valence-electron chi connectivity index (χ2n) is 16.3. The van der Waals surface area contributed by atoms with Crippen LogP contribution in [0.15, 0.2) is 42.5 Å². The molecule has 0 radical (unpaired) electrons. The fourth-order valence-electron chi connectivity index (χ4n) is 8.79. The zero-order valence-corrected chi connectivity index (χ0v) is 29.4. The van der Waals surface area contributed by atoms with Gasteiger partial charge in [0, 0.05) is 18.5 Å². The minimum Gasteiger partial charge on any atom is -0.404 e. The van der Waals surface area contributed by atoms with Crippen LogP contribution in [0.1, 0.15) is 109 Å². The van der Waals surface area contributed by atoms with E-state index in [0.717, 1.165) is 55.7 Å². The van der Waals surface area contributed by atoms with Crippen molar-refractivity contribution in [3.8, 4) is 0 Å².